The Balaban J connectivity index is 2.09. The molecular formula is C14H11F3N2O. The lowest BCUT2D eigenvalue weighted by Gasteiger charge is -2.09. The maximum atomic E-state index is 12.0. The van der Waals surface area contributed by atoms with Gasteiger partial charge in [-0.3, -0.25) is 4.79 Å². The van der Waals surface area contributed by atoms with Crippen LogP contribution in [0.5, 0.6) is 0 Å². The first kappa shape index (κ1) is 14.0. The lowest BCUT2D eigenvalue weighted by molar-refractivity contribution is -0.115. The summed E-state index contributed by atoms with van der Waals surface area (Å²) in [4.78, 5) is 14.5. The van der Waals surface area contributed by atoms with Crippen molar-refractivity contribution in [2.75, 3.05) is 11.9 Å². The van der Waals surface area contributed by atoms with Crippen molar-refractivity contribution in [2.45, 2.75) is 6.18 Å². The highest BCUT2D eigenvalue weighted by molar-refractivity contribution is 5.76. The molecule has 1 aromatic carbocycles. The van der Waals surface area contributed by atoms with Crippen LogP contribution in [0.1, 0.15) is 10.4 Å². The number of nitrogens with zero attached hydrogens (tertiary/aromatic N) is 1. The highest BCUT2D eigenvalue weighted by atomic mass is 19.4. The molecule has 0 aliphatic heterocycles. The maximum absolute atomic E-state index is 12.0. The molecule has 104 valence electrons. The van der Waals surface area contributed by atoms with Crippen molar-refractivity contribution >= 4 is 12.1 Å². The molecule has 0 bridgehead atoms. The normalized spacial score (nSPS) is 11.2. The molecule has 1 heterocycles. The van der Waals surface area contributed by atoms with Gasteiger partial charge < -0.3 is 5.32 Å². The third kappa shape index (κ3) is 3.81. The number of anilines is 1. The SMILES string of the molecule is O=Cc1ccc(-c2ccc(NCC(F)(F)F)nc2)cc1. The number of aldehydes is 1. The Morgan fingerprint density at radius 3 is 2.20 bits per heavy atom. The fourth-order valence-corrected chi connectivity index (χ4v) is 1.61. The number of rotatable bonds is 4. The summed E-state index contributed by atoms with van der Waals surface area (Å²) < 4.78 is 36.1. The van der Waals surface area contributed by atoms with Crippen molar-refractivity contribution in [3.05, 3.63) is 48.2 Å². The number of hydrogen-bond donors (Lipinski definition) is 1. The monoisotopic (exact) mass is 280 g/mol. The largest absolute Gasteiger partial charge is 0.405 e. The van der Waals surface area contributed by atoms with Crippen LogP contribution in [0.15, 0.2) is 42.6 Å². The van der Waals surface area contributed by atoms with Crippen molar-refractivity contribution in [2.24, 2.45) is 0 Å². The quantitative estimate of drug-likeness (QED) is 0.871. The molecule has 1 N–H and O–H groups in total. The second-order valence-electron chi connectivity index (χ2n) is 4.14. The number of hydrogen-bond acceptors (Lipinski definition) is 3. The minimum atomic E-state index is -4.27. The van der Waals surface area contributed by atoms with Crippen LogP contribution in [0.4, 0.5) is 19.0 Å². The van der Waals surface area contributed by atoms with E-state index in [1.807, 2.05) is 0 Å². The first-order valence-electron chi connectivity index (χ1n) is 5.80. The Morgan fingerprint density at radius 1 is 1.05 bits per heavy atom. The van der Waals surface area contributed by atoms with Crippen LogP contribution in [0.2, 0.25) is 0 Å². The third-order valence-corrected chi connectivity index (χ3v) is 2.61. The molecule has 0 aliphatic rings. The van der Waals surface area contributed by atoms with E-state index in [1.165, 1.54) is 12.3 Å². The minimum absolute atomic E-state index is 0.163. The molecule has 0 unspecified atom stereocenters. The van der Waals surface area contributed by atoms with Gasteiger partial charge in [-0.1, -0.05) is 24.3 Å². The molecule has 0 spiro atoms. The van der Waals surface area contributed by atoms with Crippen molar-refractivity contribution < 1.29 is 18.0 Å². The fraction of sp³-hybridized carbons (Fsp3) is 0.143. The van der Waals surface area contributed by atoms with Crippen molar-refractivity contribution in [3.63, 3.8) is 0 Å². The Labute approximate surface area is 113 Å². The molecule has 0 amide bonds. The smallest absolute Gasteiger partial charge is 0.361 e. The van der Waals surface area contributed by atoms with Crippen LogP contribution in [-0.4, -0.2) is 24.0 Å². The van der Waals surface area contributed by atoms with Crippen LogP contribution >= 0.6 is 0 Å². The number of carbonyl (C=O) groups excluding carboxylic acids is 1. The number of pyridine rings is 1. The summed E-state index contributed by atoms with van der Waals surface area (Å²) in [5, 5.41) is 2.20. The molecule has 2 aromatic rings. The standard InChI is InChI=1S/C14H11F3N2O/c15-14(16,17)9-19-13-6-5-12(7-18-13)11-3-1-10(8-20)2-4-11/h1-8H,9H2,(H,18,19). The Bertz CT molecular complexity index is 577. The van der Waals surface area contributed by atoms with Crippen molar-refractivity contribution in [1.29, 1.82) is 0 Å². The number of nitrogens with one attached hydrogen (secondary N) is 1. The first-order valence-corrected chi connectivity index (χ1v) is 5.80. The summed E-state index contributed by atoms with van der Waals surface area (Å²) in [5.74, 6) is 0.163. The fourth-order valence-electron chi connectivity index (χ4n) is 1.61. The van der Waals surface area contributed by atoms with E-state index in [4.69, 9.17) is 0 Å². The van der Waals surface area contributed by atoms with Gasteiger partial charge in [-0.2, -0.15) is 13.2 Å². The van der Waals surface area contributed by atoms with Crippen LogP contribution in [-0.2, 0) is 0 Å². The molecule has 2 rings (SSSR count). The topological polar surface area (TPSA) is 42.0 Å². The summed E-state index contributed by atoms with van der Waals surface area (Å²) in [6.07, 6.45) is -2.05. The average molecular weight is 280 g/mol. The van der Waals surface area contributed by atoms with Gasteiger partial charge in [0.05, 0.1) is 0 Å². The molecule has 6 heteroatoms. The molecule has 0 fully saturated rings. The molecule has 1 aromatic heterocycles. The molecule has 0 atom stereocenters. The zero-order chi connectivity index (χ0) is 14.6. The Morgan fingerprint density at radius 2 is 1.70 bits per heavy atom. The summed E-state index contributed by atoms with van der Waals surface area (Å²) in [6.45, 7) is -1.12. The summed E-state index contributed by atoms with van der Waals surface area (Å²) >= 11 is 0. The van der Waals surface area contributed by atoms with E-state index in [2.05, 4.69) is 10.3 Å². The maximum Gasteiger partial charge on any atom is 0.405 e. The van der Waals surface area contributed by atoms with E-state index in [0.29, 0.717) is 5.56 Å². The Hall–Kier alpha value is -2.37. The molecule has 3 nitrogen and oxygen atoms in total. The highest BCUT2D eigenvalue weighted by Crippen LogP contribution is 2.21. The van der Waals surface area contributed by atoms with Gasteiger partial charge in [0, 0.05) is 17.3 Å². The molecular weight excluding hydrogens is 269 g/mol. The summed E-state index contributed by atoms with van der Waals surface area (Å²) in [6, 6.07) is 9.99. The van der Waals surface area contributed by atoms with E-state index in [0.717, 1.165) is 17.4 Å². The van der Waals surface area contributed by atoms with Gasteiger partial charge >= 0.3 is 6.18 Å². The highest BCUT2D eigenvalue weighted by Gasteiger charge is 2.26. The van der Waals surface area contributed by atoms with Gasteiger partial charge in [0.15, 0.2) is 0 Å². The van der Waals surface area contributed by atoms with Crippen LogP contribution in [0, 0.1) is 0 Å². The molecule has 0 aliphatic carbocycles. The summed E-state index contributed by atoms with van der Waals surface area (Å²) in [5.41, 5.74) is 2.16. The second-order valence-corrected chi connectivity index (χ2v) is 4.14. The van der Waals surface area contributed by atoms with Crippen LogP contribution < -0.4 is 5.32 Å². The number of halogens is 3. The zero-order valence-electron chi connectivity index (χ0n) is 10.3. The molecule has 0 radical (unpaired) electrons. The van der Waals surface area contributed by atoms with E-state index >= 15 is 0 Å². The zero-order valence-corrected chi connectivity index (χ0v) is 10.3. The number of benzene rings is 1. The third-order valence-electron chi connectivity index (χ3n) is 2.61. The predicted molar refractivity (Wildman–Crippen MR) is 69.6 cm³/mol. The van der Waals surface area contributed by atoms with Crippen molar-refractivity contribution in [1.82, 2.24) is 4.98 Å². The number of carbonyl (C=O) groups is 1. The molecule has 0 saturated heterocycles. The van der Waals surface area contributed by atoms with Gasteiger partial charge in [0.25, 0.3) is 0 Å². The van der Waals surface area contributed by atoms with Gasteiger partial charge in [-0.05, 0) is 17.7 Å². The lowest BCUT2D eigenvalue weighted by atomic mass is 10.1. The van der Waals surface area contributed by atoms with E-state index < -0.39 is 12.7 Å². The number of aromatic nitrogens is 1. The molecule has 20 heavy (non-hydrogen) atoms. The number of alkyl halides is 3. The Kier molecular flexibility index (Phi) is 4.02. The van der Waals surface area contributed by atoms with Crippen LogP contribution in [0.3, 0.4) is 0 Å². The first-order chi connectivity index (χ1) is 9.48. The lowest BCUT2D eigenvalue weighted by Crippen LogP contribution is -2.21. The van der Waals surface area contributed by atoms with E-state index in [1.54, 1.807) is 30.3 Å². The minimum Gasteiger partial charge on any atom is -0.361 e. The van der Waals surface area contributed by atoms with Crippen molar-refractivity contribution in [3.8, 4) is 11.1 Å². The van der Waals surface area contributed by atoms with Crippen LogP contribution in [0.25, 0.3) is 11.1 Å². The van der Waals surface area contributed by atoms with Gasteiger partial charge in [0.1, 0.15) is 18.6 Å². The predicted octanol–water partition coefficient (Wildman–Crippen LogP) is 3.54. The molecule has 0 saturated carbocycles. The van der Waals surface area contributed by atoms with Gasteiger partial charge in [-0.25, -0.2) is 4.98 Å². The van der Waals surface area contributed by atoms with E-state index in [9.17, 15) is 18.0 Å². The average Bonchev–Trinajstić information content (AvgIpc) is 2.45. The van der Waals surface area contributed by atoms with Gasteiger partial charge in [0.2, 0.25) is 0 Å². The second kappa shape index (κ2) is 5.73. The summed E-state index contributed by atoms with van der Waals surface area (Å²) in [7, 11) is 0. The van der Waals surface area contributed by atoms with Gasteiger partial charge in [-0.15, -0.1) is 0 Å². The van der Waals surface area contributed by atoms with E-state index in [-0.39, 0.29) is 5.82 Å².